The van der Waals surface area contributed by atoms with Crippen LogP contribution in [0.5, 0.6) is 0 Å². The minimum absolute atomic E-state index is 0.605. The second-order valence-electron chi connectivity index (χ2n) is 13.6. The van der Waals surface area contributed by atoms with Crippen molar-refractivity contribution < 1.29 is 0 Å². The van der Waals surface area contributed by atoms with Crippen LogP contribution in [0.25, 0.3) is 58.5 Å². The minimum Gasteiger partial charge on any atom is -0.133 e. The van der Waals surface area contributed by atoms with Crippen molar-refractivity contribution in [2.24, 2.45) is 11.8 Å². The Kier molecular flexibility index (Phi) is 8.61. The average molecular weight is 715 g/mol. The van der Waals surface area contributed by atoms with Crippen molar-refractivity contribution in [3.8, 4) is 9.75 Å². The van der Waals surface area contributed by atoms with Gasteiger partial charge in [0.1, 0.15) is 0 Å². The van der Waals surface area contributed by atoms with Crippen molar-refractivity contribution in [1.82, 2.24) is 0 Å². The maximum absolute atomic E-state index is 2.50. The van der Waals surface area contributed by atoms with E-state index in [-0.39, 0.29) is 0 Å². The van der Waals surface area contributed by atoms with Gasteiger partial charge in [-0.1, -0.05) is 63.8 Å². The molecule has 0 fully saturated rings. The van der Waals surface area contributed by atoms with Gasteiger partial charge in [-0.3, -0.25) is 0 Å². The molecule has 0 nitrogen and oxygen atoms in total. The van der Waals surface area contributed by atoms with Gasteiger partial charge >= 0.3 is 0 Å². The van der Waals surface area contributed by atoms with Crippen LogP contribution >= 0.6 is 68.0 Å². The molecule has 0 spiro atoms. The lowest BCUT2D eigenvalue weighted by molar-refractivity contribution is 0.668. The molecule has 0 saturated heterocycles. The zero-order valence-corrected chi connectivity index (χ0v) is 32.6. The van der Waals surface area contributed by atoms with E-state index < -0.39 is 0 Å². The first-order chi connectivity index (χ1) is 22.3. The van der Waals surface area contributed by atoms with Crippen molar-refractivity contribution in [2.45, 2.75) is 92.9 Å². The number of thiophene rings is 6. The van der Waals surface area contributed by atoms with Crippen LogP contribution in [-0.4, -0.2) is 0 Å². The fraction of sp³-hybridized carbons (Fsp3) is 0.400. The summed E-state index contributed by atoms with van der Waals surface area (Å²) in [6.07, 6.45) is 15.1. The van der Waals surface area contributed by atoms with E-state index in [1.807, 2.05) is 68.0 Å². The Morgan fingerprint density at radius 3 is 1.22 bits per heavy atom. The van der Waals surface area contributed by atoms with Gasteiger partial charge in [0.2, 0.25) is 0 Å². The van der Waals surface area contributed by atoms with Gasteiger partial charge in [-0.25, -0.2) is 0 Å². The predicted molar refractivity (Wildman–Crippen MR) is 217 cm³/mol. The molecule has 6 heteroatoms. The number of unbranched alkanes of at least 4 members (excludes halogenated alkanes) is 2. The first-order valence-corrected chi connectivity index (χ1v) is 21.9. The van der Waals surface area contributed by atoms with Gasteiger partial charge in [0.15, 0.2) is 0 Å². The molecule has 238 valence electrons. The molecule has 0 amide bonds. The third-order valence-electron chi connectivity index (χ3n) is 9.93. The first-order valence-electron chi connectivity index (χ1n) is 17.0. The molecule has 2 unspecified atom stereocenters. The maximum atomic E-state index is 2.50. The van der Waals surface area contributed by atoms with Crippen LogP contribution in [0, 0.1) is 11.8 Å². The van der Waals surface area contributed by atoms with E-state index in [2.05, 4.69) is 78.0 Å². The van der Waals surface area contributed by atoms with Crippen LogP contribution in [-0.2, 0) is 0 Å². The van der Waals surface area contributed by atoms with Crippen molar-refractivity contribution in [3.63, 3.8) is 0 Å². The van der Waals surface area contributed by atoms with Gasteiger partial charge in [0.05, 0.1) is 18.8 Å². The van der Waals surface area contributed by atoms with E-state index in [9.17, 15) is 0 Å². The highest BCUT2D eigenvalue weighted by atomic mass is 32.1. The molecular formula is C40H42S6. The van der Waals surface area contributed by atoms with E-state index in [1.54, 1.807) is 22.3 Å². The van der Waals surface area contributed by atoms with Crippen molar-refractivity contribution in [3.05, 3.63) is 68.5 Å². The zero-order valence-electron chi connectivity index (χ0n) is 27.7. The van der Waals surface area contributed by atoms with Crippen molar-refractivity contribution in [1.29, 1.82) is 0 Å². The summed E-state index contributed by atoms with van der Waals surface area (Å²) < 4.78 is 11.8. The summed E-state index contributed by atoms with van der Waals surface area (Å²) in [5.74, 6) is 1.21. The van der Waals surface area contributed by atoms with Gasteiger partial charge in [-0.05, 0) is 111 Å². The molecule has 0 aliphatic heterocycles. The molecule has 0 saturated carbocycles. The standard InChI is InChI=1S/C40H42S6/c1-7-9-11-25-13-21(3)35(22(4)14-25)29-19-33-39(45-29)37-31(41-33)17-27(43-37)28-18-32-38(44-28)40-34(42-32)20-30(46-40)36-23(5)15-26(12-10-8-2)16-24(36)6/h13,15,17-20,22,24H,7-12,14,16H2,1-6H3. The summed E-state index contributed by atoms with van der Waals surface area (Å²) in [6.45, 7) is 14.2. The normalized spacial score (nSPS) is 19.5. The van der Waals surface area contributed by atoms with Crippen molar-refractivity contribution >= 4 is 117 Å². The smallest absolute Gasteiger partial charge is 0.0636 e. The van der Waals surface area contributed by atoms with Crippen LogP contribution in [0.4, 0.5) is 0 Å². The number of hydrogen-bond donors (Lipinski definition) is 0. The molecule has 8 rings (SSSR count). The molecule has 46 heavy (non-hydrogen) atoms. The van der Waals surface area contributed by atoms with E-state index >= 15 is 0 Å². The quantitative estimate of drug-likeness (QED) is 0.140. The monoisotopic (exact) mass is 714 g/mol. The van der Waals surface area contributed by atoms with Gasteiger partial charge < -0.3 is 0 Å². The van der Waals surface area contributed by atoms with E-state index in [4.69, 9.17) is 0 Å². The predicted octanol–water partition coefficient (Wildman–Crippen LogP) is 16.2. The van der Waals surface area contributed by atoms with Crippen LogP contribution in [0.3, 0.4) is 0 Å². The Balaban J connectivity index is 1.11. The van der Waals surface area contributed by atoms with Crippen LogP contribution in [0.1, 0.15) is 103 Å². The number of allylic oxidation sites excluding steroid dienone is 8. The molecule has 0 radical (unpaired) electrons. The Morgan fingerprint density at radius 2 is 0.870 bits per heavy atom. The highest BCUT2D eigenvalue weighted by molar-refractivity contribution is 7.42. The highest BCUT2D eigenvalue weighted by Crippen LogP contribution is 2.53. The van der Waals surface area contributed by atoms with E-state index in [0.717, 1.165) is 0 Å². The molecule has 6 heterocycles. The molecule has 2 atom stereocenters. The molecule has 0 bridgehead atoms. The Hall–Kier alpha value is -1.80. The maximum Gasteiger partial charge on any atom is 0.0636 e. The van der Waals surface area contributed by atoms with Crippen LogP contribution in [0.15, 0.2) is 58.7 Å². The summed E-state index contributed by atoms with van der Waals surface area (Å²) in [4.78, 5) is 5.86. The lowest BCUT2D eigenvalue weighted by Crippen LogP contribution is -2.07. The average Bonchev–Trinajstić information content (AvgIpc) is 3.83. The Labute approximate surface area is 297 Å². The van der Waals surface area contributed by atoms with Crippen LogP contribution in [0.2, 0.25) is 0 Å². The third-order valence-corrected chi connectivity index (χ3v) is 17.7. The molecule has 2 aliphatic rings. The van der Waals surface area contributed by atoms with Gasteiger partial charge in [-0.15, -0.1) is 68.0 Å². The zero-order chi connectivity index (χ0) is 31.7. The second kappa shape index (κ2) is 12.6. The first kappa shape index (κ1) is 31.5. The largest absolute Gasteiger partial charge is 0.133 e. The van der Waals surface area contributed by atoms with Crippen molar-refractivity contribution in [2.75, 3.05) is 0 Å². The lowest BCUT2D eigenvalue weighted by atomic mass is 9.82. The van der Waals surface area contributed by atoms with E-state index in [0.29, 0.717) is 11.8 Å². The number of hydrogen-bond acceptors (Lipinski definition) is 6. The number of rotatable bonds is 9. The summed E-state index contributed by atoms with van der Waals surface area (Å²) in [5.41, 5.74) is 9.43. The third kappa shape index (κ3) is 5.49. The molecule has 0 N–H and O–H groups in total. The fourth-order valence-corrected chi connectivity index (χ4v) is 16.4. The molecule has 6 aromatic rings. The lowest BCUT2D eigenvalue weighted by Gasteiger charge is -2.24. The molecule has 2 aliphatic carbocycles. The fourth-order valence-electron chi connectivity index (χ4n) is 7.86. The summed E-state index contributed by atoms with van der Waals surface area (Å²) in [6, 6.07) is 9.94. The SMILES string of the molecule is CCCCC1=CC(C)=C(c2cc3sc4cc(-c5cc6sc7cc(C8=C(C)C=C(CCCC)CC8C)sc7c6s5)sc4c3s2)C(C)C1. The van der Waals surface area contributed by atoms with Crippen LogP contribution < -0.4 is 0 Å². The molecule has 6 aromatic heterocycles. The van der Waals surface area contributed by atoms with Gasteiger partial charge in [0, 0.05) is 38.3 Å². The summed E-state index contributed by atoms with van der Waals surface area (Å²) in [7, 11) is 0. The molecular weight excluding hydrogens is 673 g/mol. The topological polar surface area (TPSA) is 0 Å². The minimum atomic E-state index is 0.605. The molecule has 0 aromatic carbocycles. The van der Waals surface area contributed by atoms with Gasteiger partial charge in [0.25, 0.3) is 0 Å². The highest BCUT2D eigenvalue weighted by Gasteiger charge is 2.25. The summed E-state index contributed by atoms with van der Waals surface area (Å²) in [5, 5.41) is 0. The van der Waals surface area contributed by atoms with E-state index in [1.165, 1.54) is 120 Å². The Bertz CT molecular complexity index is 2080. The van der Waals surface area contributed by atoms with Gasteiger partial charge in [-0.2, -0.15) is 0 Å². The second-order valence-corrected chi connectivity index (χ2v) is 20.0. The number of fused-ring (bicyclic) bond motifs is 6. The Morgan fingerprint density at radius 1 is 0.522 bits per heavy atom. The summed E-state index contributed by atoms with van der Waals surface area (Å²) >= 11 is 12.1.